The van der Waals surface area contributed by atoms with Crippen molar-refractivity contribution in [2.24, 2.45) is 5.16 Å². The number of ether oxygens (including phenoxy) is 1. The zero-order valence-corrected chi connectivity index (χ0v) is 14.4. The standard InChI is InChI=1S/C18H28N2O3/c1-4-5-6-7-8-9-14-22-17-12-10-16(11-13-17)19-18(21)23-20-15(2)3/h10-13H,4-9,14H2,1-3H3,(H,19,21). The van der Waals surface area contributed by atoms with Crippen LogP contribution in [0.5, 0.6) is 5.75 Å². The van der Waals surface area contributed by atoms with Crippen LogP contribution < -0.4 is 10.1 Å². The van der Waals surface area contributed by atoms with Gasteiger partial charge in [-0.05, 0) is 44.5 Å². The van der Waals surface area contributed by atoms with Crippen molar-refractivity contribution in [2.45, 2.75) is 59.3 Å². The fourth-order valence-electron chi connectivity index (χ4n) is 1.98. The largest absolute Gasteiger partial charge is 0.494 e. The Morgan fingerprint density at radius 3 is 2.35 bits per heavy atom. The van der Waals surface area contributed by atoms with E-state index in [0.29, 0.717) is 11.4 Å². The smallest absolute Gasteiger partial charge is 0.437 e. The Morgan fingerprint density at radius 2 is 1.70 bits per heavy atom. The van der Waals surface area contributed by atoms with Gasteiger partial charge in [-0.1, -0.05) is 44.2 Å². The van der Waals surface area contributed by atoms with E-state index < -0.39 is 6.09 Å². The van der Waals surface area contributed by atoms with Crippen LogP contribution in [-0.4, -0.2) is 18.4 Å². The number of unbranched alkanes of at least 4 members (excludes halogenated alkanes) is 5. The number of carbonyl (C=O) groups excluding carboxylic acids is 1. The second-order valence-corrected chi connectivity index (χ2v) is 5.68. The molecule has 0 radical (unpaired) electrons. The molecular weight excluding hydrogens is 292 g/mol. The van der Waals surface area contributed by atoms with Crippen molar-refractivity contribution < 1.29 is 14.4 Å². The predicted octanol–water partition coefficient (Wildman–Crippen LogP) is 5.37. The van der Waals surface area contributed by atoms with Gasteiger partial charge in [-0.15, -0.1) is 0 Å². The van der Waals surface area contributed by atoms with Crippen LogP contribution in [0.4, 0.5) is 10.5 Å². The van der Waals surface area contributed by atoms with E-state index >= 15 is 0 Å². The number of nitrogens with one attached hydrogen (secondary N) is 1. The van der Waals surface area contributed by atoms with Crippen molar-refractivity contribution in [3.63, 3.8) is 0 Å². The maximum absolute atomic E-state index is 11.4. The van der Waals surface area contributed by atoms with E-state index in [-0.39, 0.29) is 0 Å². The molecule has 0 heterocycles. The number of rotatable bonds is 10. The van der Waals surface area contributed by atoms with Crippen LogP contribution >= 0.6 is 0 Å². The van der Waals surface area contributed by atoms with Gasteiger partial charge in [0.25, 0.3) is 0 Å². The Morgan fingerprint density at radius 1 is 1.04 bits per heavy atom. The highest BCUT2D eigenvalue weighted by Crippen LogP contribution is 2.16. The number of carbonyl (C=O) groups is 1. The van der Waals surface area contributed by atoms with Gasteiger partial charge in [0.05, 0.1) is 12.3 Å². The molecule has 128 valence electrons. The van der Waals surface area contributed by atoms with E-state index in [9.17, 15) is 4.79 Å². The number of nitrogens with zero attached hydrogens (tertiary/aromatic N) is 1. The van der Waals surface area contributed by atoms with Crippen LogP contribution in [0, 0.1) is 0 Å². The maximum Gasteiger partial charge on any atom is 0.437 e. The SMILES string of the molecule is CCCCCCCCOc1ccc(NC(=O)ON=C(C)C)cc1. The minimum Gasteiger partial charge on any atom is -0.494 e. The highest BCUT2D eigenvalue weighted by atomic mass is 16.7. The van der Waals surface area contributed by atoms with Gasteiger partial charge in [-0.25, -0.2) is 4.79 Å². The van der Waals surface area contributed by atoms with Gasteiger partial charge in [0.1, 0.15) is 5.75 Å². The van der Waals surface area contributed by atoms with E-state index in [1.165, 1.54) is 32.1 Å². The number of amides is 1. The Labute approximate surface area is 139 Å². The molecule has 0 spiro atoms. The molecule has 0 fully saturated rings. The molecule has 0 bridgehead atoms. The van der Waals surface area contributed by atoms with Crippen LogP contribution in [0.3, 0.4) is 0 Å². The lowest BCUT2D eigenvalue weighted by Crippen LogP contribution is -2.11. The van der Waals surface area contributed by atoms with E-state index in [1.54, 1.807) is 26.0 Å². The molecule has 0 aliphatic rings. The molecule has 0 atom stereocenters. The van der Waals surface area contributed by atoms with Gasteiger partial charge in [-0.3, -0.25) is 10.2 Å². The Hall–Kier alpha value is -2.04. The number of hydrogen-bond donors (Lipinski definition) is 1. The zero-order valence-electron chi connectivity index (χ0n) is 14.4. The summed E-state index contributed by atoms with van der Waals surface area (Å²) in [4.78, 5) is 16.1. The molecule has 0 aromatic heterocycles. The van der Waals surface area contributed by atoms with Crippen molar-refractivity contribution in [3.8, 4) is 5.75 Å². The third kappa shape index (κ3) is 9.55. The average molecular weight is 320 g/mol. The molecule has 1 aromatic carbocycles. The predicted molar refractivity (Wildman–Crippen MR) is 94.2 cm³/mol. The Bertz CT molecular complexity index is 480. The van der Waals surface area contributed by atoms with Gasteiger partial charge < -0.3 is 4.74 Å². The Balaban J connectivity index is 2.23. The topological polar surface area (TPSA) is 59.9 Å². The fraction of sp³-hybridized carbons (Fsp3) is 0.556. The first-order valence-corrected chi connectivity index (χ1v) is 8.34. The zero-order chi connectivity index (χ0) is 16.9. The summed E-state index contributed by atoms with van der Waals surface area (Å²) in [5, 5.41) is 6.19. The second-order valence-electron chi connectivity index (χ2n) is 5.68. The summed E-state index contributed by atoms with van der Waals surface area (Å²) in [6.45, 7) is 6.46. The molecule has 1 N–H and O–H groups in total. The van der Waals surface area contributed by atoms with E-state index in [4.69, 9.17) is 4.74 Å². The molecule has 5 heteroatoms. The summed E-state index contributed by atoms with van der Waals surface area (Å²) < 4.78 is 5.69. The number of benzene rings is 1. The first-order chi connectivity index (χ1) is 11.1. The van der Waals surface area contributed by atoms with Crippen molar-refractivity contribution in [1.82, 2.24) is 0 Å². The molecular formula is C18H28N2O3. The first-order valence-electron chi connectivity index (χ1n) is 8.34. The molecule has 23 heavy (non-hydrogen) atoms. The third-order valence-corrected chi connectivity index (χ3v) is 3.18. The van der Waals surface area contributed by atoms with Crippen LogP contribution in [0.15, 0.2) is 29.4 Å². The summed E-state index contributed by atoms with van der Waals surface area (Å²) in [7, 11) is 0. The lowest BCUT2D eigenvalue weighted by atomic mass is 10.1. The molecule has 0 aliphatic carbocycles. The monoisotopic (exact) mass is 320 g/mol. The van der Waals surface area contributed by atoms with E-state index in [2.05, 4.69) is 22.2 Å². The number of hydrogen-bond acceptors (Lipinski definition) is 4. The van der Waals surface area contributed by atoms with Crippen molar-refractivity contribution in [3.05, 3.63) is 24.3 Å². The molecule has 1 amide bonds. The van der Waals surface area contributed by atoms with Gasteiger partial charge in [0, 0.05) is 5.69 Å². The van der Waals surface area contributed by atoms with Gasteiger partial charge in [-0.2, -0.15) is 0 Å². The molecule has 1 aromatic rings. The average Bonchev–Trinajstić information content (AvgIpc) is 2.53. The van der Waals surface area contributed by atoms with Crippen molar-refractivity contribution in [1.29, 1.82) is 0 Å². The summed E-state index contributed by atoms with van der Waals surface area (Å²) in [5.41, 5.74) is 1.32. The third-order valence-electron chi connectivity index (χ3n) is 3.18. The normalized spacial score (nSPS) is 10.0. The molecule has 0 saturated heterocycles. The molecule has 5 nitrogen and oxygen atoms in total. The molecule has 0 aliphatic heterocycles. The second kappa shape index (κ2) is 11.5. The minimum atomic E-state index is -0.605. The summed E-state index contributed by atoms with van der Waals surface area (Å²) in [6.07, 6.45) is 6.87. The minimum absolute atomic E-state index is 0.605. The highest BCUT2D eigenvalue weighted by Gasteiger charge is 2.03. The molecule has 0 unspecified atom stereocenters. The lowest BCUT2D eigenvalue weighted by molar-refractivity contribution is 0.166. The Kier molecular flexibility index (Phi) is 9.52. The van der Waals surface area contributed by atoms with Crippen LogP contribution in [0.2, 0.25) is 0 Å². The summed E-state index contributed by atoms with van der Waals surface area (Å²) in [5.74, 6) is 0.805. The van der Waals surface area contributed by atoms with Crippen LogP contribution in [0.1, 0.15) is 59.3 Å². The summed E-state index contributed by atoms with van der Waals surface area (Å²) >= 11 is 0. The van der Waals surface area contributed by atoms with Gasteiger partial charge in [0.15, 0.2) is 0 Å². The van der Waals surface area contributed by atoms with Gasteiger partial charge >= 0.3 is 6.09 Å². The van der Waals surface area contributed by atoms with Crippen molar-refractivity contribution >= 4 is 17.5 Å². The van der Waals surface area contributed by atoms with Gasteiger partial charge in [0.2, 0.25) is 0 Å². The van der Waals surface area contributed by atoms with E-state index in [1.807, 2.05) is 12.1 Å². The molecule has 1 rings (SSSR count). The fourth-order valence-corrected chi connectivity index (χ4v) is 1.98. The van der Waals surface area contributed by atoms with Crippen LogP contribution in [-0.2, 0) is 4.84 Å². The molecule has 0 saturated carbocycles. The highest BCUT2D eigenvalue weighted by molar-refractivity contribution is 5.86. The van der Waals surface area contributed by atoms with Crippen molar-refractivity contribution in [2.75, 3.05) is 11.9 Å². The number of oxime groups is 1. The quantitative estimate of drug-likeness (QED) is 0.273. The first kappa shape index (κ1) is 19.0. The number of anilines is 1. The van der Waals surface area contributed by atoms with E-state index in [0.717, 1.165) is 18.8 Å². The lowest BCUT2D eigenvalue weighted by Gasteiger charge is -2.07. The van der Waals surface area contributed by atoms with Crippen LogP contribution in [0.25, 0.3) is 0 Å². The maximum atomic E-state index is 11.4. The summed E-state index contributed by atoms with van der Waals surface area (Å²) in [6, 6.07) is 7.22.